The average molecular weight is 534 g/mol. The van der Waals surface area contributed by atoms with Gasteiger partial charge in [0.15, 0.2) is 6.29 Å². The second kappa shape index (κ2) is 12.0. The van der Waals surface area contributed by atoms with Gasteiger partial charge in [-0.25, -0.2) is 0 Å². The predicted octanol–water partition coefficient (Wildman–Crippen LogP) is 4.03. The van der Waals surface area contributed by atoms with Crippen molar-refractivity contribution in [2.75, 3.05) is 18.5 Å². The maximum absolute atomic E-state index is 13.0. The first-order chi connectivity index (χ1) is 18.5. The van der Waals surface area contributed by atoms with Crippen molar-refractivity contribution < 1.29 is 19.1 Å². The fourth-order valence-electron chi connectivity index (χ4n) is 4.23. The highest BCUT2D eigenvalue weighted by Crippen LogP contribution is 2.24. The molecule has 10 heteroatoms. The van der Waals surface area contributed by atoms with Crippen LogP contribution < -0.4 is 20.7 Å². The normalized spacial score (nSPS) is 17.8. The van der Waals surface area contributed by atoms with Crippen LogP contribution in [0.2, 0.25) is 5.02 Å². The van der Waals surface area contributed by atoms with Gasteiger partial charge in [0.2, 0.25) is 0 Å². The van der Waals surface area contributed by atoms with Gasteiger partial charge in [-0.3, -0.25) is 14.6 Å². The zero-order chi connectivity index (χ0) is 26.3. The number of rotatable bonds is 8. The summed E-state index contributed by atoms with van der Waals surface area (Å²) in [6, 6.07) is 18.4. The Morgan fingerprint density at radius 1 is 1.03 bits per heavy atom. The second-order valence-electron chi connectivity index (χ2n) is 9.03. The quantitative estimate of drug-likeness (QED) is 0.375. The van der Waals surface area contributed by atoms with E-state index in [1.165, 1.54) is 0 Å². The Balaban J connectivity index is 1.32. The molecule has 38 heavy (non-hydrogen) atoms. The van der Waals surface area contributed by atoms with Crippen molar-refractivity contribution in [2.45, 2.75) is 31.7 Å². The van der Waals surface area contributed by atoms with Gasteiger partial charge in [-0.1, -0.05) is 23.7 Å². The number of hydrogen-bond donors (Lipinski definition) is 3. The number of benzene rings is 2. The molecule has 0 bridgehead atoms. The van der Waals surface area contributed by atoms with Gasteiger partial charge in [-0.15, -0.1) is 0 Å². The molecule has 2 aliphatic rings. The van der Waals surface area contributed by atoms with Gasteiger partial charge >= 0.3 is 0 Å². The highest BCUT2D eigenvalue weighted by Gasteiger charge is 2.31. The molecule has 0 saturated carbocycles. The molecule has 5 rings (SSSR count). The molecular formula is C28H28ClN5O4. The van der Waals surface area contributed by atoms with Gasteiger partial charge in [0.05, 0.1) is 0 Å². The van der Waals surface area contributed by atoms with E-state index in [-0.39, 0.29) is 11.6 Å². The van der Waals surface area contributed by atoms with Crippen molar-refractivity contribution >= 4 is 29.1 Å². The number of pyridine rings is 1. The minimum absolute atomic E-state index is 0.0154. The Morgan fingerprint density at radius 2 is 1.71 bits per heavy atom. The smallest absolute Gasteiger partial charge is 0.261 e. The fraction of sp³-hybridized carbons (Fsp3) is 0.250. The number of carbonyl (C=O) groups excluding carboxylic acids is 2. The summed E-state index contributed by atoms with van der Waals surface area (Å²) in [6.07, 6.45) is 5.79. The van der Waals surface area contributed by atoms with Crippen LogP contribution in [0.5, 0.6) is 11.5 Å². The summed E-state index contributed by atoms with van der Waals surface area (Å²) >= 11 is 6.06. The zero-order valence-electron chi connectivity index (χ0n) is 20.6. The molecular weight excluding hydrogens is 506 g/mol. The molecule has 1 fully saturated rings. The molecule has 2 aromatic carbocycles. The molecule has 2 aliphatic heterocycles. The van der Waals surface area contributed by atoms with Gasteiger partial charge in [0.25, 0.3) is 11.8 Å². The molecule has 1 unspecified atom stereocenters. The van der Waals surface area contributed by atoms with E-state index >= 15 is 0 Å². The third-order valence-corrected chi connectivity index (χ3v) is 6.51. The minimum atomic E-state index is -0.593. The van der Waals surface area contributed by atoms with Crippen molar-refractivity contribution in [3.05, 3.63) is 95.4 Å². The summed E-state index contributed by atoms with van der Waals surface area (Å²) in [5.41, 5.74) is 1.80. The summed E-state index contributed by atoms with van der Waals surface area (Å²) in [7, 11) is 0. The topological polar surface area (TPSA) is 105 Å². The van der Waals surface area contributed by atoms with Crippen molar-refractivity contribution in [3.63, 3.8) is 0 Å². The number of nitrogens with zero attached hydrogens (tertiary/aromatic N) is 2. The van der Waals surface area contributed by atoms with E-state index in [0.717, 1.165) is 24.1 Å². The molecule has 1 saturated heterocycles. The number of carbonyl (C=O) groups is 2. The number of hydrogen-bond acceptors (Lipinski definition) is 7. The summed E-state index contributed by atoms with van der Waals surface area (Å²) in [6.45, 7) is 1.63. The Bertz CT molecular complexity index is 1280. The van der Waals surface area contributed by atoms with Crippen LogP contribution in [0.1, 0.15) is 18.4 Å². The maximum Gasteiger partial charge on any atom is 0.261 e. The molecule has 1 atom stereocenters. The SMILES string of the molecule is O=C(NC1CCOCC1)C1=CN(Cc2ccc(Cl)cc2)C(Nc2ccc(Oc3ccncc3)cc2)NC1=O. The van der Waals surface area contributed by atoms with E-state index in [1.807, 2.05) is 53.4 Å². The van der Waals surface area contributed by atoms with E-state index in [4.69, 9.17) is 21.1 Å². The average Bonchev–Trinajstić information content (AvgIpc) is 2.93. The van der Waals surface area contributed by atoms with Gasteiger partial charge < -0.3 is 30.3 Å². The highest BCUT2D eigenvalue weighted by atomic mass is 35.5. The van der Waals surface area contributed by atoms with E-state index in [0.29, 0.717) is 36.3 Å². The molecule has 0 spiro atoms. The third kappa shape index (κ3) is 6.62. The van der Waals surface area contributed by atoms with Crippen LogP contribution in [-0.2, 0) is 20.9 Å². The van der Waals surface area contributed by atoms with Crippen LogP contribution >= 0.6 is 11.6 Å². The van der Waals surface area contributed by atoms with Crippen LogP contribution in [0.4, 0.5) is 5.69 Å². The van der Waals surface area contributed by atoms with Crippen molar-refractivity contribution in [3.8, 4) is 11.5 Å². The Hall–Kier alpha value is -4.08. The first-order valence-electron chi connectivity index (χ1n) is 12.4. The first kappa shape index (κ1) is 25.6. The van der Waals surface area contributed by atoms with Crippen LogP contribution in [-0.4, -0.2) is 47.2 Å². The monoisotopic (exact) mass is 533 g/mol. The number of amides is 2. The lowest BCUT2D eigenvalue weighted by atomic mass is 10.1. The van der Waals surface area contributed by atoms with E-state index in [2.05, 4.69) is 20.9 Å². The van der Waals surface area contributed by atoms with Gasteiger partial charge in [-0.2, -0.15) is 0 Å². The van der Waals surface area contributed by atoms with Crippen molar-refractivity contribution in [1.29, 1.82) is 0 Å². The Morgan fingerprint density at radius 3 is 2.42 bits per heavy atom. The highest BCUT2D eigenvalue weighted by molar-refractivity contribution is 6.30. The predicted molar refractivity (Wildman–Crippen MR) is 143 cm³/mol. The van der Waals surface area contributed by atoms with Crippen molar-refractivity contribution in [2.24, 2.45) is 0 Å². The zero-order valence-corrected chi connectivity index (χ0v) is 21.4. The molecule has 9 nitrogen and oxygen atoms in total. The largest absolute Gasteiger partial charge is 0.457 e. The first-order valence-corrected chi connectivity index (χ1v) is 12.8. The van der Waals surface area contributed by atoms with Crippen LogP contribution in [0.25, 0.3) is 0 Å². The number of aromatic nitrogens is 1. The number of ether oxygens (including phenoxy) is 2. The fourth-order valence-corrected chi connectivity index (χ4v) is 4.35. The molecule has 3 heterocycles. The van der Waals surface area contributed by atoms with E-state index in [1.54, 1.807) is 30.7 Å². The van der Waals surface area contributed by atoms with Crippen molar-refractivity contribution in [1.82, 2.24) is 20.5 Å². The Labute approximate surface area is 225 Å². The standard InChI is InChI=1S/C28H28ClN5O4/c29-20-3-1-19(2-4-20)17-34-18-25(26(35)31-22-11-15-37-16-12-22)27(36)33-28(34)32-21-5-7-23(8-6-21)38-24-9-13-30-14-10-24/h1-10,13-14,18,22,28,32H,11-12,15-17H2,(H,31,35)(H,33,36). The molecule has 196 valence electrons. The van der Waals surface area contributed by atoms with Crippen LogP contribution in [0.15, 0.2) is 84.8 Å². The Kier molecular flexibility index (Phi) is 8.06. The summed E-state index contributed by atoms with van der Waals surface area (Å²) < 4.78 is 11.2. The van der Waals surface area contributed by atoms with E-state index < -0.39 is 18.1 Å². The van der Waals surface area contributed by atoms with Gasteiger partial charge in [-0.05, 0) is 66.9 Å². The molecule has 2 amide bonds. The lowest BCUT2D eigenvalue weighted by Gasteiger charge is -2.36. The lowest BCUT2D eigenvalue weighted by Crippen LogP contribution is -2.56. The van der Waals surface area contributed by atoms with Crippen LogP contribution in [0.3, 0.4) is 0 Å². The second-order valence-corrected chi connectivity index (χ2v) is 9.47. The van der Waals surface area contributed by atoms with E-state index in [9.17, 15) is 9.59 Å². The number of nitrogens with one attached hydrogen (secondary N) is 3. The molecule has 3 aromatic rings. The van der Waals surface area contributed by atoms with Crippen LogP contribution in [0, 0.1) is 0 Å². The number of halogens is 1. The van der Waals surface area contributed by atoms with Gasteiger partial charge in [0.1, 0.15) is 17.1 Å². The summed E-state index contributed by atoms with van der Waals surface area (Å²) in [4.78, 5) is 31.9. The molecule has 0 radical (unpaired) electrons. The molecule has 1 aromatic heterocycles. The number of anilines is 1. The van der Waals surface area contributed by atoms with Gasteiger partial charge in [0, 0.05) is 55.1 Å². The summed E-state index contributed by atoms with van der Waals surface area (Å²) in [5.74, 6) is 0.508. The summed E-state index contributed by atoms with van der Waals surface area (Å²) in [5, 5.41) is 9.87. The maximum atomic E-state index is 13.0. The minimum Gasteiger partial charge on any atom is -0.457 e. The molecule has 0 aliphatic carbocycles. The lowest BCUT2D eigenvalue weighted by molar-refractivity contribution is -0.126. The third-order valence-electron chi connectivity index (χ3n) is 6.26. The molecule has 3 N–H and O–H groups in total.